The number of benzene rings is 3. The highest BCUT2D eigenvalue weighted by atomic mass is 79.9. The van der Waals surface area contributed by atoms with Crippen molar-refractivity contribution in [3.8, 4) is 11.5 Å². The van der Waals surface area contributed by atoms with Crippen LogP contribution in [0, 0.1) is 5.82 Å². The average molecular weight is 520 g/mol. The van der Waals surface area contributed by atoms with Gasteiger partial charge in [0, 0.05) is 21.6 Å². The van der Waals surface area contributed by atoms with Crippen molar-refractivity contribution < 1.29 is 13.9 Å². The minimum Gasteiger partial charge on any atom is -0.493 e. The molecule has 152 valence electrons. The molecule has 0 amide bonds. The fraction of sp³-hybridized carbons (Fsp3) is 0.143. The van der Waals surface area contributed by atoms with Gasteiger partial charge in [0.15, 0.2) is 11.5 Å². The Bertz CT molecular complexity index is 1030. The summed E-state index contributed by atoms with van der Waals surface area (Å²) in [6, 6.07) is 13.1. The lowest BCUT2D eigenvalue weighted by atomic mass is 10.2. The summed E-state index contributed by atoms with van der Waals surface area (Å²) in [4.78, 5) is 0. The molecule has 0 saturated heterocycles. The van der Waals surface area contributed by atoms with Crippen molar-refractivity contribution in [1.29, 1.82) is 0 Å². The molecule has 3 aromatic carbocycles. The van der Waals surface area contributed by atoms with Gasteiger partial charge < -0.3 is 14.8 Å². The highest BCUT2D eigenvalue weighted by Crippen LogP contribution is 2.35. The molecule has 0 saturated carbocycles. The standard InChI is InChI=1S/C21H16BrCl3FNO2/c1-28-20-6-13(10-27-19-7-14(23)3-5-17(19)24)16(22)9-21(20)29-11-12-2-4-15(26)8-18(12)25/h2-9,27H,10-11H2,1H3. The van der Waals surface area contributed by atoms with Gasteiger partial charge in [0.25, 0.3) is 0 Å². The highest BCUT2D eigenvalue weighted by Gasteiger charge is 2.12. The van der Waals surface area contributed by atoms with Gasteiger partial charge in [-0.05, 0) is 48.0 Å². The molecular formula is C21H16BrCl3FNO2. The minimum atomic E-state index is -0.393. The number of nitrogens with one attached hydrogen (secondary N) is 1. The number of rotatable bonds is 7. The summed E-state index contributed by atoms with van der Waals surface area (Å²) in [5.74, 6) is 0.695. The topological polar surface area (TPSA) is 30.5 Å². The fourth-order valence-corrected chi connectivity index (χ4v) is 3.64. The summed E-state index contributed by atoms with van der Waals surface area (Å²) in [6.45, 7) is 0.665. The number of halogens is 5. The van der Waals surface area contributed by atoms with Crippen LogP contribution >= 0.6 is 50.7 Å². The van der Waals surface area contributed by atoms with Gasteiger partial charge in [0.1, 0.15) is 12.4 Å². The second-order valence-corrected chi connectivity index (χ2v) is 8.20. The third kappa shape index (κ3) is 5.70. The first-order chi connectivity index (χ1) is 13.9. The number of methoxy groups -OCH3 is 1. The van der Waals surface area contributed by atoms with E-state index in [-0.39, 0.29) is 6.61 Å². The van der Waals surface area contributed by atoms with Gasteiger partial charge in [-0.1, -0.05) is 56.8 Å². The maximum atomic E-state index is 13.2. The molecule has 0 aliphatic heterocycles. The zero-order valence-corrected chi connectivity index (χ0v) is 19.1. The molecule has 3 aromatic rings. The second-order valence-electron chi connectivity index (χ2n) is 6.10. The molecule has 0 aliphatic rings. The Balaban J connectivity index is 1.75. The molecule has 8 heteroatoms. The van der Waals surface area contributed by atoms with E-state index >= 15 is 0 Å². The maximum absolute atomic E-state index is 13.2. The minimum absolute atomic E-state index is 0.178. The second kappa shape index (κ2) is 9.90. The van der Waals surface area contributed by atoms with Crippen molar-refractivity contribution >= 4 is 56.4 Å². The Hall–Kier alpha value is -1.66. The van der Waals surface area contributed by atoms with Gasteiger partial charge in [-0.15, -0.1) is 0 Å². The van der Waals surface area contributed by atoms with Crippen LogP contribution in [0.15, 0.2) is 53.0 Å². The molecule has 1 N–H and O–H groups in total. The first kappa shape index (κ1) is 22.0. The summed E-state index contributed by atoms with van der Waals surface area (Å²) in [5.41, 5.74) is 2.34. The number of anilines is 1. The lowest BCUT2D eigenvalue weighted by Crippen LogP contribution is -2.03. The van der Waals surface area contributed by atoms with E-state index in [9.17, 15) is 4.39 Å². The molecule has 0 aromatic heterocycles. The molecule has 0 bridgehead atoms. The van der Waals surface area contributed by atoms with E-state index in [4.69, 9.17) is 44.3 Å². The van der Waals surface area contributed by atoms with Crippen molar-refractivity contribution in [2.45, 2.75) is 13.2 Å². The Morgan fingerprint density at radius 3 is 2.45 bits per heavy atom. The summed E-state index contributed by atoms with van der Waals surface area (Å²) >= 11 is 21.8. The fourth-order valence-electron chi connectivity index (χ4n) is 2.60. The van der Waals surface area contributed by atoms with Crippen LogP contribution in [0.25, 0.3) is 0 Å². The van der Waals surface area contributed by atoms with Gasteiger partial charge in [0.05, 0.1) is 22.8 Å². The lowest BCUT2D eigenvalue weighted by Gasteiger charge is -2.16. The summed E-state index contributed by atoms with van der Waals surface area (Å²) in [5, 5.41) is 4.74. The van der Waals surface area contributed by atoms with Gasteiger partial charge >= 0.3 is 0 Å². The lowest BCUT2D eigenvalue weighted by molar-refractivity contribution is 0.284. The van der Waals surface area contributed by atoms with Crippen LogP contribution < -0.4 is 14.8 Å². The predicted molar refractivity (Wildman–Crippen MR) is 120 cm³/mol. The van der Waals surface area contributed by atoms with Gasteiger partial charge in [-0.3, -0.25) is 0 Å². The van der Waals surface area contributed by atoms with Crippen LogP contribution in [0.3, 0.4) is 0 Å². The normalized spacial score (nSPS) is 10.7. The molecule has 0 fully saturated rings. The van der Waals surface area contributed by atoms with E-state index in [0.717, 1.165) is 15.7 Å². The maximum Gasteiger partial charge on any atom is 0.162 e. The van der Waals surface area contributed by atoms with Crippen molar-refractivity contribution in [2.75, 3.05) is 12.4 Å². The zero-order valence-electron chi connectivity index (χ0n) is 15.2. The molecule has 29 heavy (non-hydrogen) atoms. The number of hydrogen-bond donors (Lipinski definition) is 1. The largest absolute Gasteiger partial charge is 0.493 e. The van der Waals surface area contributed by atoms with E-state index in [2.05, 4.69) is 21.2 Å². The predicted octanol–water partition coefficient (Wildman–Crippen LogP) is 7.75. The Morgan fingerprint density at radius 1 is 0.931 bits per heavy atom. The van der Waals surface area contributed by atoms with Crippen molar-refractivity contribution in [2.24, 2.45) is 0 Å². The quantitative estimate of drug-likeness (QED) is 0.346. The smallest absolute Gasteiger partial charge is 0.162 e. The van der Waals surface area contributed by atoms with E-state index in [1.165, 1.54) is 12.1 Å². The zero-order chi connectivity index (χ0) is 21.0. The number of hydrogen-bond acceptors (Lipinski definition) is 3. The van der Waals surface area contributed by atoms with Crippen LogP contribution in [-0.4, -0.2) is 7.11 Å². The van der Waals surface area contributed by atoms with Gasteiger partial charge in [-0.2, -0.15) is 0 Å². The van der Waals surface area contributed by atoms with Crippen molar-refractivity contribution in [3.05, 3.63) is 85.0 Å². The summed E-state index contributed by atoms with van der Waals surface area (Å²) < 4.78 is 25.3. The van der Waals surface area contributed by atoms with Gasteiger partial charge in [0.2, 0.25) is 0 Å². The van der Waals surface area contributed by atoms with Crippen molar-refractivity contribution in [3.63, 3.8) is 0 Å². The van der Waals surface area contributed by atoms with E-state index in [0.29, 0.717) is 38.7 Å². The Labute approximate surface area is 191 Å². The summed E-state index contributed by atoms with van der Waals surface area (Å²) in [6.07, 6.45) is 0. The van der Waals surface area contributed by atoms with Crippen LogP contribution in [-0.2, 0) is 13.2 Å². The molecule has 0 heterocycles. The van der Waals surface area contributed by atoms with Gasteiger partial charge in [-0.25, -0.2) is 4.39 Å². The van der Waals surface area contributed by atoms with Crippen LogP contribution in [0.2, 0.25) is 15.1 Å². The SMILES string of the molecule is COc1cc(CNc2cc(Cl)ccc2Cl)c(Br)cc1OCc1ccc(F)cc1Cl. The summed E-state index contributed by atoms with van der Waals surface area (Å²) in [7, 11) is 1.56. The molecule has 0 radical (unpaired) electrons. The number of ether oxygens (including phenoxy) is 2. The third-order valence-electron chi connectivity index (χ3n) is 4.13. The molecular weight excluding hydrogens is 503 g/mol. The van der Waals surface area contributed by atoms with E-state index < -0.39 is 5.82 Å². The van der Waals surface area contributed by atoms with E-state index in [1.54, 1.807) is 31.4 Å². The first-order valence-electron chi connectivity index (χ1n) is 8.49. The van der Waals surface area contributed by atoms with E-state index in [1.807, 2.05) is 12.1 Å². The van der Waals surface area contributed by atoms with Crippen LogP contribution in [0.5, 0.6) is 11.5 Å². The molecule has 0 atom stereocenters. The molecule has 3 rings (SSSR count). The van der Waals surface area contributed by atoms with Crippen LogP contribution in [0.4, 0.5) is 10.1 Å². The molecule has 3 nitrogen and oxygen atoms in total. The average Bonchev–Trinajstić information content (AvgIpc) is 2.69. The third-order valence-corrected chi connectivity index (χ3v) is 5.78. The highest BCUT2D eigenvalue weighted by molar-refractivity contribution is 9.10. The van der Waals surface area contributed by atoms with Crippen LogP contribution in [0.1, 0.15) is 11.1 Å². The Morgan fingerprint density at radius 2 is 1.72 bits per heavy atom. The first-order valence-corrected chi connectivity index (χ1v) is 10.4. The monoisotopic (exact) mass is 517 g/mol. The molecule has 0 spiro atoms. The molecule has 0 unspecified atom stereocenters. The Kier molecular flexibility index (Phi) is 7.52. The van der Waals surface area contributed by atoms with Crippen molar-refractivity contribution in [1.82, 2.24) is 0 Å². The molecule has 0 aliphatic carbocycles.